The predicted octanol–water partition coefficient (Wildman–Crippen LogP) is 5.83. The Hall–Kier alpha value is -8.08. The number of nitrogens with one attached hydrogen (secondary N) is 5. The molecule has 22 nitrogen and oxygen atoms in total. The number of aromatic nitrogens is 2. The summed E-state index contributed by atoms with van der Waals surface area (Å²) in [6.45, 7) is 9.22. The lowest BCUT2D eigenvalue weighted by atomic mass is 9.85. The number of benzene rings is 4. The van der Waals surface area contributed by atoms with Crippen LogP contribution in [0.1, 0.15) is 127 Å². The van der Waals surface area contributed by atoms with Gasteiger partial charge < -0.3 is 56.5 Å². The number of rotatable bonds is 23. The van der Waals surface area contributed by atoms with Gasteiger partial charge >= 0.3 is 7.60 Å². The van der Waals surface area contributed by atoms with Gasteiger partial charge in [-0.15, -0.1) is 11.3 Å². The van der Waals surface area contributed by atoms with E-state index in [0.717, 1.165) is 38.4 Å². The van der Waals surface area contributed by atoms with Gasteiger partial charge in [-0.25, -0.2) is 4.98 Å². The highest BCUT2D eigenvalue weighted by molar-refractivity contribution is 7.70. The monoisotopic (exact) mass is 1210 g/mol. The number of carbonyl (C=O) groups excluding carboxylic acids is 8. The number of aliphatic hydroxyl groups is 1. The van der Waals surface area contributed by atoms with Gasteiger partial charge in [0.25, 0.3) is 11.4 Å². The summed E-state index contributed by atoms with van der Waals surface area (Å²) >= 11 is 1.56. The smallest absolute Gasteiger partial charge is 0.396 e. The lowest BCUT2D eigenvalue weighted by Crippen LogP contribution is -2.57. The van der Waals surface area contributed by atoms with Crippen LogP contribution in [-0.2, 0) is 52.6 Å². The van der Waals surface area contributed by atoms with Crippen molar-refractivity contribution >= 4 is 82.4 Å². The van der Waals surface area contributed by atoms with E-state index in [1.165, 1.54) is 34.1 Å². The van der Waals surface area contributed by atoms with E-state index in [1.807, 2.05) is 95.3 Å². The quantitative estimate of drug-likeness (QED) is 0.0269. The standard InChI is InChI=1S/C62H72N9O13PS/c1-34(37-16-18-39(19-17-37)54-35(2)64-33-86-54)65-57(76)49-30-44(72)31-70(49)60(79)55(62(3,4)5)69-52(74)15-7-6-10-36-11-8-14-45(26-36)84-32-43(22-25-51(63)73)66-58(77)50-29-40-13-9-12-38-20-24-47(59(78)71(50)53(38)40)68-56(75)48-28-42-27-41(21-23-46(42)67-48)61(80)85(81,82)83/h8-9,11-14,16-19,21,23,26-28,33-34,43-44,47,49-50,55,67,72H,6-7,10,15,20,22,24-25,29-32H2,1-5H3,(H2,63,73)(H,65,76)(H,66,77)(H,68,75)(H,69,74)(H2,81,82,83)/t34-,43-,44+,47-,49-,50-,55+/m0/s1. The number of ether oxygens (including phenoxy) is 1. The second-order valence-electron chi connectivity index (χ2n) is 23.5. The first-order chi connectivity index (χ1) is 40.8. The molecule has 86 heavy (non-hydrogen) atoms. The van der Waals surface area contributed by atoms with E-state index in [2.05, 4.69) is 31.2 Å². The van der Waals surface area contributed by atoms with Gasteiger partial charge in [0.2, 0.25) is 35.4 Å². The maximum Gasteiger partial charge on any atom is 0.396 e. The lowest BCUT2D eigenvalue weighted by Gasteiger charge is -2.35. The number of aliphatic hydroxyl groups excluding tert-OH is 1. The van der Waals surface area contributed by atoms with E-state index in [9.17, 15) is 57.8 Å². The van der Waals surface area contributed by atoms with Crippen LogP contribution in [-0.4, -0.2) is 126 Å². The second-order valence-corrected chi connectivity index (χ2v) is 25.9. The highest BCUT2D eigenvalue weighted by Crippen LogP contribution is 2.41. The molecule has 24 heteroatoms. The van der Waals surface area contributed by atoms with E-state index < -0.39 is 90.3 Å². The van der Waals surface area contributed by atoms with Crippen molar-refractivity contribution in [3.63, 3.8) is 0 Å². The average Bonchev–Trinajstić information content (AvgIpc) is 1.89. The summed E-state index contributed by atoms with van der Waals surface area (Å²) in [5.41, 5.74) is 11.4. The van der Waals surface area contributed by atoms with Crippen LogP contribution in [0.25, 0.3) is 21.3 Å². The highest BCUT2D eigenvalue weighted by atomic mass is 32.1. The average molecular weight is 1210 g/mol. The van der Waals surface area contributed by atoms with Crippen LogP contribution in [0.4, 0.5) is 5.69 Å². The molecule has 5 heterocycles. The molecule has 1 saturated heterocycles. The van der Waals surface area contributed by atoms with Gasteiger partial charge in [-0.05, 0) is 122 Å². The molecule has 4 aromatic carbocycles. The number of amides is 7. The van der Waals surface area contributed by atoms with Crippen LogP contribution in [0.5, 0.6) is 5.75 Å². The molecule has 7 amide bonds. The molecule has 0 aliphatic carbocycles. The first-order valence-corrected chi connectivity index (χ1v) is 31.2. The summed E-state index contributed by atoms with van der Waals surface area (Å²) in [4.78, 5) is 139. The van der Waals surface area contributed by atoms with Gasteiger partial charge in [0.05, 0.1) is 40.0 Å². The maximum absolute atomic E-state index is 14.6. The number of hydrogen-bond donors (Lipinski definition) is 9. The minimum absolute atomic E-state index is 0.0306. The van der Waals surface area contributed by atoms with Gasteiger partial charge in [0, 0.05) is 48.7 Å². The van der Waals surface area contributed by atoms with E-state index in [1.54, 1.807) is 22.9 Å². The van der Waals surface area contributed by atoms with Crippen molar-refractivity contribution in [1.82, 2.24) is 36.1 Å². The van der Waals surface area contributed by atoms with Crippen molar-refractivity contribution in [3.05, 3.63) is 136 Å². The number of para-hydroxylation sites is 1. The normalized spacial score (nSPS) is 18.6. The number of hydrogen-bond acceptors (Lipinski definition) is 13. The molecule has 0 radical (unpaired) electrons. The van der Waals surface area contributed by atoms with Crippen molar-refractivity contribution < 1.29 is 62.6 Å². The molecule has 9 rings (SSSR count). The van der Waals surface area contributed by atoms with Crippen LogP contribution in [0, 0.1) is 12.3 Å². The van der Waals surface area contributed by atoms with Crippen LogP contribution in [0.3, 0.4) is 0 Å². The number of likely N-dealkylation sites (tertiary alicyclic amines) is 1. The Bertz CT molecular complexity index is 3630. The summed E-state index contributed by atoms with van der Waals surface area (Å²) < 4.78 is 17.8. The zero-order chi connectivity index (χ0) is 61.8. The Kier molecular flexibility index (Phi) is 19.1. The van der Waals surface area contributed by atoms with Gasteiger partial charge in [0.1, 0.15) is 42.2 Å². The zero-order valence-electron chi connectivity index (χ0n) is 48.5. The number of unbranched alkanes of at least 4 members (excludes halogenated alkanes) is 1. The molecular formula is C62H72N9O13PS. The number of thiazole rings is 1. The summed E-state index contributed by atoms with van der Waals surface area (Å²) in [6, 6.07) is 21.0. The Morgan fingerprint density at radius 3 is 2.34 bits per heavy atom. The number of β-amino-alcohol motifs (C(OH)–C–C–N with tert-alkyl or cyclic N) is 1. The second kappa shape index (κ2) is 26.3. The van der Waals surface area contributed by atoms with Crippen LogP contribution >= 0.6 is 18.9 Å². The van der Waals surface area contributed by atoms with Crippen molar-refractivity contribution in [2.24, 2.45) is 11.1 Å². The van der Waals surface area contributed by atoms with Crippen LogP contribution in [0.15, 0.2) is 96.5 Å². The minimum Gasteiger partial charge on any atom is -0.491 e. The van der Waals surface area contributed by atoms with Gasteiger partial charge in [-0.2, -0.15) is 0 Å². The summed E-state index contributed by atoms with van der Waals surface area (Å²) in [7, 11) is -5.06. The Morgan fingerprint density at radius 2 is 1.63 bits per heavy atom. The Balaban J connectivity index is 0.774. The molecule has 0 bridgehead atoms. The van der Waals surface area contributed by atoms with E-state index >= 15 is 0 Å². The third kappa shape index (κ3) is 14.6. The van der Waals surface area contributed by atoms with Gasteiger partial charge in [0.15, 0.2) is 0 Å². The fraction of sp³-hybridized carbons (Fsp3) is 0.403. The molecule has 10 N–H and O–H groups in total. The molecule has 0 spiro atoms. The number of fused-ring (bicyclic) bond motifs is 1. The Labute approximate surface area is 501 Å². The van der Waals surface area contributed by atoms with Crippen molar-refractivity contribution in [2.75, 3.05) is 18.1 Å². The summed E-state index contributed by atoms with van der Waals surface area (Å²) in [5.74, 6) is -2.95. The zero-order valence-corrected chi connectivity index (χ0v) is 50.2. The largest absolute Gasteiger partial charge is 0.491 e. The fourth-order valence-corrected chi connectivity index (χ4v) is 12.7. The molecule has 7 atom stereocenters. The molecule has 3 aliphatic heterocycles. The van der Waals surface area contributed by atoms with E-state index in [4.69, 9.17) is 10.5 Å². The molecule has 6 aromatic rings. The number of anilines is 1. The van der Waals surface area contributed by atoms with Crippen molar-refractivity contribution in [3.8, 4) is 16.2 Å². The first-order valence-electron chi connectivity index (χ1n) is 28.7. The summed E-state index contributed by atoms with van der Waals surface area (Å²) in [5, 5.41) is 22.9. The fourth-order valence-electron chi connectivity index (χ4n) is 11.4. The lowest BCUT2D eigenvalue weighted by molar-refractivity contribution is -0.144. The number of aromatic amines is 1. The maximum atomic E-state index is 14.6. The number of nitrogens with zero attached hydrogens (tertiary/aromatic N) is 3. The van der Waals surface area contributed by atoms with Gasteiger partial charge in [-0.3, -0.25) is 47.8 Å². The van der Waals surface area contributed by atoms with Gasteiger partial charge in [-0.1, -0.05) is 75.4 Å². The molecule has 3 aliphatic rings. The molecule has 1 fully saturated rings. The summed E-state index contributed by atoms with van der Waals surface area (Å²) in [6.07, 6.45) is 1.78. The molecule has 0 unspecified atom stereocenters. The Morgan fingerprint density at radius 1 is 0.895 bits per heavy atom. The number of aryl methyl sites for hydroxylation is 3. The van der Waals surface area contributed by atoms with Crippen molar-refractivity contribution in [1.29, 1.82) is 0 Å². The third-order valence-electron chi connectivity index (χ3n) is 16.0. The highest BCUT2D eigenvalue weighted by Gasteiger charge is 2.46. The number of carbonyl (C=O) groups is 8. The van der Waals surface area contributed by atoms with E-state index in [-0.39, 0.29) is 74.9 Å². The predicted molar refractivity (Wildman–Crippen MR) is 322 cm³/mol. The van der Waals surface area contributed by atoms with E-state index in [0.29, 0.717) is 48.0 Å². The number of primary amides is 1. The molecule has 2 aromatic heterocycles. The van der Waals surface area contributed by atoms with Crippen molar-refractivity contribution in [2.45, 2.75) is 141 Å². The minimum atomic E-state index is -5.06. The first kappa shape index (κ1) is 62.5. The molecular weight excluding hydrogens is 1140 g/mol. The van der Waals surface area contributed by atoms with Crippen LogP contribution in [0.2, 0.25) is 0 Å². The number of nitrogens with two attached hydrogens (primary N) is 1. The molecule has 0 saturated carbocycles. The topological polar surface area (TPSA) is 333 Å². The molecule has 454 valence electrons. The SMILES string of the molecule is Cc1ncsc1-c1ccc([C@H](C)NC(=O)[C@@H]2C[C@@H](O)CN2C(=O)[C@@H](NC(=O)CCCCc2cccc(OC[C@H](CCC(N)=O)NC(=O)[C@@H]3Cc4cccc5c4N3C(=O)[C@@H](NC(=O)c3cc4cc(C(=O)P(=O)(O)O)ccc4[nH]3)CC5)c2)C(C)(C)C)cc1. The number of H-pyrrole nitrogens is 1. The third-order valence-corrected chi connectivity index (χ3v) is 17.8. The van der Waals surface area contributed by atoms with Crippen LogP contribution < -0.4 is 36.6 Å².